The molecule has 0 aliphatic heterocycles. The summed E-state index contributed by atoms with van der Waals surface area (Å²) in [5, 5.41) is 0. The van der Waals surface area contributed by atoms with E-state index in [1.54, 1.807) is 13.2 Å². The number of benzene rings is 5. The van der Waals surface area contributed by atoms with Gasteiger partial charge in [0.05, 0.1) is 7.11 Å². The van der Waals surface area contributed by atoms with Crippen molar-refractivity contribution < 1.29 is 33.3 Å². The number of hydrogen-bond donors (Lipinski definition) is 0. The molecular formula is C56H66O7. The van der Waals surface area contributed by atoms with Crippen molar-refractivity contribution in [1.29, 1.82) is 0 Å². The fourth-order valence-electron chi connectivity index (χ4n) is 10.1. The zero-order valence-electron chi connectivity index (χ0n) is 39.3. The van der Waals surface area contributed by atoms with Crippen molar-refractivity contribution in [3.63, 3.8) is 0 Å². The minimum atomic E-state index is -0.831. The second-order valence-electron chi connectivity index (χ2n) is 19.9. The van der Waals surface area contributed by atoms with Crippen LogP contribution in [0.5, 0.6) is 28.7 Å². The topological polar surface area (TPSA) is 80.3 Å². The summed E-state index contributed by atoms with van der Waals surface area (Å²) in [5.74, 6) is 3.12. The molecule has 7 nitrogen and oxygen atoms in total. The number of carbonyl (C=O) groups is 2. The molecule has 2 saturated carbocycles. The normalized spacial score (nSPS) is 22.7. The van der Waals surface area contributed by atoms with Crippen LogP contribution in [0, 0.1) is 43.4 Å². The fourth-order valence-corrected chi connectivity index (χ4v) is 10.1. The van der Waals surface area contributed by atoms with Gasteiger partial charge in [-0.2, -0.15) is 0 Å². The van der Waals surface area contributed by atoms with Crippen molar-refractivity contribution in [2.75, 3.05) is 7.11 Å². The van der Waals surface area contributed by atoms with E-state index in [9.17, 15) is 9.59 Å². The maximum atomic E-state index is 13.5. The third-order valence-electron chi connectivity index (χ3n) is 15.3. The Kier molecular flexibility index (Phi) is 12.9. The fraction of sp³-hybridized carbons (Fsp3) is 0.429. The van der Waals surface area contributed by atoms with E-state index in [4.69, 9.17) is 23.7 Å². The summed E-state index contributed by atoms with van der Waals surface area (Å²) in [6.45, 7) is 22.2. The van der Waals surface area contributed by atoms with E-state index in [1.807, 2.05) is 51.1 Å². The van der Waals surface area contributed by atoms with Gasteiger partial charge in [-0.3, -0.25) is 0 Å². The molecule has 0 amide bonds. The predicted octanol–water partition coefficient (Wildman–Crippen LogP) is 14.6. The van der Waals surface area contributed by atoms with Crippen LogP contribution in [-0.4, -0.2) is 19.4 Å². The van der Waals surface area contributed by atoms with Crippen molar-refractivity contribution in [1.82, 2.24) is 0 Å². The molecule has 5 aromatic rings. The summed E-state index contributed by atoms with van der Waals surface area (Å²) in [6, 6.07) is 34.8. The largest absolute Gasteiger partial charge is 0.519 e. The van der Waals surface area contributed by atoms with Crippen molar-refractivity contribution in [3.05, 3.63) is 148 Å². The van der Waals surface area contributed by atoms with Crippen LogP contribution >= 0.6 is 0 Å². The highest BCUT2D eigenvalue weighted by atomic mass is 16.7. The Labute approximate surface area is 375 Å². The molecule has 0 N–H and O–H groups in total. The van der Waals surface area contributed by atoms with Gasteiger partial charge in [-0.05, 0) is 163 Å². The number of methoxy groups -OCH3 is 1. The second-order valence-corrected chi connectivity index (χ2v) is 19.9. The van der Waals surface area contributed by atoms with E-state index in [0.717, 1.165) is 78.3 Å². The number of ether oxygens (including phenoxy) is 5. The number of rotatable bonds is 10. The Morgan fingerprint density at radius 3 is 1.29 bits per heavy atom. The minimum absolute atomic E-state index is 0.110. The Hall–Kier alpha value is -5.56. The highest BCUT2D eigenvalue weighted by Crippen LogP contribution is 2.55. The molecule has 0 aromatic heterocycles. The lowest BCUT2D eigenvalue weighted by Crippen LogP contribution is -2.41. The first kappa shape index (κ1) is 45.5. The molecule has 4 atom stereocenters. The first-order valence-corrected chi connectivity index (χ1v) is 22.7. The van der Waals surface area contributed by atoms with E-state index < -0.39 is 12.3 Å². The van der Waals surface area contributed by atoms with Gasteiger partial charge in [0.2, 0.25) is 0 Å². The predicted molar refractivity (Wildman–Crippen MR) is 251 cm³/mol. The quantitative estimate of drug-likeness (QED) is 0.102. The lowest BCUT2D eigenvalue weighted by molar-refractivity contribution is 0.107. The summed E-state index contributed by atoms with van der Waals surface area (Å²) >= 11 is 0. The summed E-state index contributed by atoms with van der Waals surface area (Å²) in [6.07, 6.45) is 5.37. The molecule has 0 heterocycles. The van der Waals surface area contributed by atoms with Crippen LogP contribution in [-0.2, 0) is 17.3 Å². The third-order valence-corrected chi connectivity index (χ3v) is 15.3. The second kappa shape index (κ2) is 17.9. The van der Waals surface area contributed by atoms with Crippen LogP contribution in [0.4, 0.5) is 9.59 Å². The van der Waals surface area contributed by atoms with Gasteiger partial charge in [-0.15, -0.1) is 0 Å². The molecule has 332 valence electrons. The Morgan fingerprint density at radius 2 is 0.905 bits per heavy atom. The average Bonchev–Trinajstić information content (AvgIpc) is 3.25. The monoisotopic (exact) mass is 850 g/mol. The van der Waals surface area contributed by atoms with Gasteiger partial charge < -0.3 is 23.7 Å². The van der Waals surface area contributed by atoms with E-state index in [0.29, 0.717) is 40.6 Å². The van der Waals surface area contributed by atoms with Gasteiger partial charge in [0.25, 0.3) is 0 Å². The standard InChI is InChI=1S/C56H66O7/c1-12-41-18-22-49(50(33-41)59-11)63-52(58)62-48-25-21-45(32-38(48)4)56(29-27-54(9,10)40(6)35-56)44-20-24-47(37(3)31-44)61-51(57)60-46-23-19-43(30-36(46)2)55(42-16-14-13-15-17-42)28-26-53(7,8)39(5)34-55/h13-25,30-33,39-40H,12,26-29,34-35H2,1-11H3. The molecule has 0 spiro atoms. The van der Waals surface area contributed by atoms with Crippen LogP contribution in [0.3, 0.4) is 0 Å². The highest BCUT2D eigenvalue weighted by molar-refractivity contribution is 5.70. The zero-order chi connectivity index (χ0) is 45.3. The van der Waals surface area contributed by atoms with Crippen molar-refractivity contribution >= 4 is 12.3 Å². The molecule has 2 fully saturated rings. The summed E-state index contributed by atoms with van der Waals surface area (Å²) in [7, 11) is 1.55. The zero-order valence-corrected chi connectivity index (χ0v) is 39.3. The van der Waals surface area contributed by atoms with Crippen molar-refractivity contribution in [3.8, 4) is 28.7 Å². The molecule has 7 rings (SSSR count). The van der Waals surface area contributed by atoms with Gasteiger partial charge in [-0.1, -0.05) is 121 Å². The molecular weight excluding hydrogens is 785 g/mol. The molecule has 0 bridgehead atoms. The van der Waals surface area contributed by atoms with Crippen LogP contribution < -0.4 is 23.7 Å². The van der Waals surface area contributed by atoms with Gasteiger partial charge >= 0.3 is 12.3 Å². The molecule has 0 radical (unpaired) electrons. The molecule has 7 heteroatoms. The molecule has 5 aromatic carbocycles. The molecule has 2 aliphatic carbocycles. The average molecular weight is 851 g/mol. The molecule has 4 unspecified atom stereocenters. The van der Waals surface area contributed by atoms with E-state index in [-0.39, 0.29) is 21.7 Å². The Bertz CT molecular complexity index is 2470. The first-order chi connectivity index (χ1) is 29.9. The number of carbonyl (C=O) groups excluding carboxylic acids is 2. The highest BCUT2D eigenvalue weighted by Gasteiger charge is 2.46. The first-order valence-electron chi connectivity index (χ1n) is 22.7. The van der Waals surface area contributed by atoms with E-state index in [2.05, 4.69) is 115 Å². The summed E-state index contributed by atoms with van der Waals surface area (Å²) in [4.78, 5) is 26.5. The minimum Gasteiger partial charge on any atom is -0.493 e. The maximum absolute atomic E-state index is 13.5. The van der Waals surface area contributed by atoms with Crippen LogP contribution in [0.2, 0.25) is 0 Å². The Morgan fingerprint density at radius 1 is 0.508 bits per heavy atom. The third kappa shape index (κ3) is 9.25. The van der Waals surface area contributed by atoms with E-state index >= 15 is 0 Å². The van der Waals surface area contributed by atoms with Crippen LogP contribution in [0.25, 0.3) is 0 Å². The van der Waals surface area contributed by atoms with Gasteiger partial charge in [0, 0.05) is 10.8 Å². The van der Waals surface area contributed by atoms with E-state index in [1.165, 1.54) is 11.1 Å². The molecule has 2 aliphatic rings. The summed E-state index contributed by atoms with van der Waals surface area (Å²) in [5.41, 5.74) is 8.54. The van der Waals surface area contributed by atoms with Crippen LogP contribution in [0.15, 0.2) is 103 Å². The smallest absolute Gasteiger partial charge is 0.493 e. The molecule has 0 saturated heterocycles. The lowest BCUT2D eigenvalue weighted by atomic mass is 9.55. The lowest BCUT2D eigenvalue weighted by Gasteiger charge is -2.49. The summed E-state index contributed by atoms with van der Waals surface area (Å²) < 4.78 is 28.6. The molecule has 63 heavy (non-hydrogen) atoms. The Balaban J connectivity index is 1.09. The van der Waals surface area contributed by atoms with Crippen molar-refractivity contribution in [2.45, 2.75) is 125 Å². The maximum Gasteiger partial charge on any atom is 0.519 e. The number of hydrogen-bond acceptors (Lipinski definition) is 7. The van der Waals surface area contributed by atoms with Gasteiger partial charge in [0.1, 0.15) is 17.2 Å². The SMILES string of the molecule is CCc1ccc(OC(=O)Oc2ccc(C3(c4ccc(OC(=O)Oc5ccc(C6(c7ccccc7)CCC(C)(C)C(C)C6)cc5C)c(C)c4)CCC(C)(C)C(C)C3)cc2C)c(OC)c1. The van der Waals surface area contributed by atoms with Crippen molar-refractivity contribution in [2.24, 2.45) is 22.7 Å². The van der Waals surface area contributed by atoms with Crippen LogP contribution in [0.1, 0.15) is 131 Å². The van der Waals surface area contributed by atoms with Gasteiger partial charge in [0.15, 0.2) is 11.5 Å². The number of aryl methyl sites for hydroxylation is 4. The van der Waals surface area contributed by atoms with Gasteiger partial charge in [-0.25, -0.2) is 9.59 Å².